The van der Waals surface area contributed by atoms with Crippen LogP contribution in [0.25, 0.3) is 0 Å². The van der Waals surface area contributed by atoms with Gasteiger partial charge in [0, 0.05) is 6.42 Å². The van der Waals surface area contributed by atoms with Gasteiger partial charge in [0.1, 0.15) is 5.82 Å². The van der Waals surface area contributed by atoms with E-state index in [1.807, 2.05) is 0 Å². The van der Waals surface area contributed by atoms with Gasteiger partial charge >= 0.3 is 0 Å². The van der Waals surface area contributed by atoms with Gasteiger partial charge in [-0.25, -0.2) is 4.39 Å². The molecular weight excluding hydrogens is 263 g/mol. The van der Waals surface area contributed by atoms with Crippen molar-refractivity contribution in [3.05, 3.63) is 34.6 Å². The van der Waals surface area contributed by atoms with E-state index in [4.69, 9.17) is 11.6 Å². The molecule has 1 fully saturated rings. The Labute approximate surface area is 119 Å². The third-order valence-electron chi connectivity index (χ3n) is 4.54. The predicted octanol–water partition coefficient (Wildman–Crippen LogP) is 4.60. The van der Waals surface area contributed by atoms with Crippen molar-refractivity contribution >= 4 is 11.6 Å². The average Bonchev–Trinajstić information content (AvgIpc) is 2.31. The molecule has 0 amide bonds. The Hall–Kier alpha value is -0.600. The summed E-state index contributed by atoms with van der Waals surface area (Å²) in [7, 11) is 0. The van der Waals surface area contributed by atoms with Crippen LogP contribution in [0.15, 0.2) is 18.2 Å². The van der Waals surface area contributed by atoms with Gasteiger partial charge in [-0.15, -0.1) is 0 Å². The van der Waals surface area contributed by atoms with E-state index in [1.165, 1.54) is 6.07 Å². The quantitative estimate of drug-likeness (QED) is 0.841. The Morgan fingerprint density at radius 2 is 2.05 bits per heavy atom. The number of halogens is 2. The van der Waals surface area contributed by atoms with Crippen molar-refractivity contribution in [2.45, 2.75) is 52.1 Å². The van der Waals surface area contributed by atoms with E-state index in [9.17, 15) is 9.50 Å². The molecule has 1 aromatic rings. The monoisotopic (exact) mass is 284 g/mol. The van der Waals surface area contributed by atoms with Gasteiger partial charge in [-0.05, 0) is 42.2 Å². The first-order valence-corrected chi connectivity index (χ1v) is 7.27. The molecule has 0 saturated heterocycles. The van der Waals surface area contributed by atoms with Gasteiger partial charge < -0.3 is 5.11 Å². The van der Waals surface area contributed by atoms with Gasteiger partial charge in [0.15, 0.2) is 0 Å². The molecule has 2 rings (SSSR count). The molecule has 2 atom stereocenters. The third kappa shape index (κ3) is 3.11. The van der Waals surface area contributed by atoms with E-state index in [0.29, 0.717) is 18.4 Å². The van der Waals surface area contributed by atoms with Crippen LogP contribution in [0.5, 0.6) is 0 Å². The minimum atomic E-state index is -0.818. The highest BCUT2D eigenvalue weighted by Gasteiger charge is 2.42. The molecule has 0 aliphatic heterocycles. The summed E-state index contributed by atoms with van der Waals surface area (Å²) in [4.78, 5) is 0. The molecule has 19 heavy (non-hydrogen) atoms. The number of aliphatic hydroxyl groups is 1. The summed E-state index contributed by atoms with van der Waals surface area (Å²) in [5, 5.41) is 11.0. The Bertz CT molecular complexity index is 472. The smallest absolute Gasteiger partial charge is 0.145 e. The van der Waals surface area contributed by atoms with Crippen LogP contribution in [-0.2, 0) is 6.42 Å². The van der Waals surface area contributed by atoms with Gasteiger partial charge in [0.2, 0.25) is 0 Å². The van der Waals surface area contributed by atoms with E-state index < -0.39 is 11.4 Å². The zero-order chi connectivity index (χ0) is 14.3. The Morgan fingerprint density at radius 3 is 2.68 bits per heavy atom. The lowest BCUT2D eigenvalue weighted by atomic mass is 9.64. The Morgan fingerprint density at radius 1 is 1.37 bits per heavy atom. The number of benzene rings is 1. The van der Waals surface area contributed by atoms with E-state index in [1.54, 1.807) is 12.1 Å². The second-order valence-corrected chi connectivity index (χ2v) is 7.17. The fourth-order valence-electron chi connectivity index (χ4n) is 3.20. The van der Waals surface area contributed by atoms with Crippen LogP contribution < -0.4 is 0 Å². The second kappa shape index (κ2) is 5.06. The fraction of sp³-hybridized carbons (Fsp3) is 0.625. The predicted molar refractivity (Wildman–Crippen MR) is 76.9 cm³/mol. The molecule has 0 radical (unpaired) electrons. The van der Waals surface area contributed by atoms with E-state index in [0.717, 1.165) is 12.8 Å². The lowest BCUT2D eigenvalue weighted by Crippen LogP contribution is -2.45. The summed E-state index contributed by atoms with van der Waals surface area (Å²) in [6, 6.07) is 4.99. The van der Waals surface area contributed by atoms with Crippen molar-refractivity contribution in [3.63, 3.8) is 0 Å². The molecule has 1 N–H and O–H groups in total. The maximum atomic E-state index is 14.0. The van der Waals surface area contributed by atoms with Crippen LogP contribution in [0.3, 0.4) is 0 Å². The molecular formula is C16H22ClFO. The topological polar surface area (TPSA) is 20.2 Å². The first-order chi connectivity index (χ1) is 8.73. The molecule has 1 saturated carbocycles. The van der Waals surface area contributed by atoms with Crippen LogP contribution in [0.1, 0.15) is 45.6 Å². The summed E-state index contributed by atoms with van der Waals surface area (Å²) < 4.78 is 14.0. The first kappa shape index (κ1) is 14.8. The summed E-state index contributed by atoms with van der Waals surface area (Å²) in [5.41, 5.74) is -0.0407. The van der Waals surface area contributed by atoms with Crippen molar-refractivity contribution in [1.29, 1.82) is 0 Å². The summed E-state index contributed by atoms with van der Waals surface area (Å²) in [6.07, 6.45) is 2.99. The molecule has 1 aliphatic rings. The normalized spacial score (nSPS) is 30.3. The molecule has 0 bridgehead atoms. The largest absolute Gasteiger partial charge is 0.389 e. The minimum Gasteiger partial charge on any atom is -0.389 e. The lowest BCUT2D eigenvalue weighted by Gasteiger charge is -2.45. The van der Waals surface area contributed by atoms with Crippen LogP contribution >= 0.6 is 11.6 Å². The molecule has 1 aromatic carbocycles. The highest BCUT2D eigenvalue weighted by atomic mass is 35.5. The second-order valence-electron chi connectivity index (χ2n) is 6.76. The van der Waals surface area contributed by atoms with Crippen molar-refractivity contribution in [1.82, 2.24) is 0 Å². The molecule has 3 heteroatoms. The summed E-state index contributed by atoms with van der Waals surface area (Å²) >= 11 is 5.80. The standard InChI is InChI=1S/C16H22ClFO/c1-11-9-15(2,3)7-8-16(11,19)10-12-5-4-6-13(17)14(12)18/h4-6,11,19H,7-10H2,1-3H3. The average molecular weight is 285 g/mol. The van der Waals surface area contributed by atoms with Crippen LogP contribution in [0, 0.1) is 17.2 Å². The minimum absolute atomic E-state index is 0.130. The SMILES string of the molecule is CC1CC(C)(C)CCC1(O)Cc1cccc(Cl)c1F. The lowest BCUT2D eigenvalue weighted by molar-refractivity contribution is -0.0708. The zero-order valence-corrected chi connectivity index (χ0v) is 12.6. The molecule has 0 heterocycles. The molecule has 0 spiro atoms. The Balaban J connectivity index is 2.20. The fourth-order valence-corrected chi connectivity index (χ4v) is 3.39. The highest BCUT2D eigenvalue weighted by molar-refractivity contribution is 6.30. The number of hydrogen-bond acceptors (Lipinski definition) is 1. The van der Waals surface area contributed by atoms with E-state index >= 15 is 0 Å². The summed E-state index contributed by atoms with van der Waals surface area (Å²) in [5.74, 6) is -0.232. The van der Waals surface area contributed by atoms with Crippen LogP contribution in [0.2, 0.25) is 5.02 Å². The maximum absolute atomic E-state index is 14.0. The summed E-state index contributed by atoms with van der Waals surface area (Å²) in [6.45, 7) is 6.51. The van der Waals surface area contributed by atoms with Gasteiger partial charge in [-0.1, -0.05) is 44.5 Å². The van der Waals surface area contributed by atoms with Gasteiger partial charge in [-0.3, -0.25) is 0 Å². The van der Waals surface area contributed by atoms with Gasteiger partial charge in [0.05, 0.1) is 10.6 Å². The van der Waals surface area contributed by atoms with Crippen LogP contribution in [-0.4, -0.2) is 10.7 Å². The number of rotatable bonds is 2. The van der Waals surface area contributed by atoms with E-state index in [2.05, 4.69) is 20.8 Å². The van der Waals surface area contributed by atoms with Crippen LogP contribution in [0.4, 0.5) is 4.39 Å². The van der Waals surface area contributed by atoms with E-state index in [-0.39, 0.29) is 16.4 Å². The van der Waals surface area contributed by atoms with Crippen molar-refractivity contribution in [2.75, 3.05) is 0 Å². The molecule has 1 nitrogen and oxygen atoms in total. The van der Waals surface area contributed by atoms with Gasteiger partial charge in [0.25, 0.3) is 0 Å². The zero-order valence-electron chi connectivity index (χ0n) is 11.8. The van der Waals surface area contributed by atoms with Crippen molar-refractivity contribution < 1.29 is 9.50 Å². The molecule has 2 unspecified atom stereocenters. The van der Waals surface area contributed by atoms with Crippen molar-refractivity contribution in [2.24, 2.45) is 11.3 Å². The highest BCUT2D eigenvalue weighted by Crippen LogP contribution is 2.45. The molecule has 1 aliphatic carbocycles. The van der Waals surface area contributed by atoms with Crippen molar-refractivity contribution in [3.8, 4) is 0 Å². The third-order valence-corrected chi connectivity index (χ3v) is 4.83. The Kier molecular flexibility index (Phi) is 3.95. The number of hydrogen-bond donors (Lipinski definition) is 1. The molecule has 106 valence electrons. The molecule has 0 aromatic heterocycles. The first-order valence-electron chi connectivity index (χ1n) is 6.89. The maximum Gasteiger partial charge on any atom is 0.145 e. The van der Waals surface area contributed by atoms with Gasteiger partial charge in [-0.2, -0.15) is 0 Å².